The van der Waals surface area contributed by atoms with Crippen molar-refractivity contribution in [3.63, 3.8) is 0 Å². The number of ether oxygens (including phenoxy) is 4. The Morgan fingerprint density at radius 3 is 2.78 bits per heavy atom. The first-order valence-electron chi connectivity index (χ1n) is 8.76. The third-order valence-corrected chi connectivity index (χ3v) is 4.84. The van der Waals surface area contributed by atoms with Crippen LogP contribution in [0.4, 0.5) is 0 Å². The number of benzene rings is 1. The molecule has 0 saturated carbocycles. The molecule has 2 aromatic rings. The van der Waals surface area contributed by atoms with E-state index in [1.54, 1.807) is 6.20 Å². The van der Waals surface area contributed by atoms with E-state index in [-0.39, 0.29) is 23.9 Å². The van der Waals surface area contributed by atoms with Gasteiger partial charge in [0.1, 0.15) is 6.10 Å². The minimum absolute atomic E-state index is 0.182. The molecule has 2 unspecified atom stereocenters. The summed E-state index contributed by atoms with van der Waals surface area (Å²) in [6.45, 7) is 0.754. The van der Waals surface area contributed by atoms with Crippen LogP contribution in [0.15, 0.2) is 47.5 Å². The molecule has 3 heterocycles. The van der Waals surface area contributed by atoms with Crippen LogP contribution in [0.2, 0.25) is 0 Å². The van der Waals surface area contributed by atoms with Gasteiger partial charge < -0.3 is 23.5 Å². The number of carbonyl (C=O) groups is 1. The minimum Gasteiger partial charge on any atom is -0.464 e. The average molecular weight is 372 g/mol. The molecular weight excluding hydrogens is 352 g/mol. The van der Waals surface area contributed by atoms with Crippen LogP contribution >= 0.6 is 0 Å². The van der Waals surface area contributed by atoms with Crippen molar-refractivity contribution in [3.8, 4) is 0 Å². The zero-order chi connectivity index (χ0) is 18.8. The summed E-state index contributed by atoms with van der Waals surface area (Å²) in [4.78, 5) is 28.2. The number of esters is 1. The summed E-state index contributed by atoms with van der Waals surface area (Å²) < 4.78 is 23.8. The van der Waals surface area contributed by atoms with Gasteiger partial charge in [-0.1, -0.05) is 30.3 Å². The van der Waals surface area contributed by atoms with E-state index in [1.165, 1.54) is 17.9 Å². The zero-order valence-electron chi connectivity index (χ0n) is 14.8. The van der Waals surface area contributed by atoms with Gasteiger partial charge in [-0.15, -0.1) is 0 Å². The van der Waals surface area contributed by atoms with Crippen LogP contribution in [0, 0.1) is 0 Å². The molecule has 8 heteroatoms. The first-order chi connectivity index (χ1) is 13.2. The van der Waals surface area contributed by atoms with E-state index < -0.39 is 17.8 Å². The predicted molar refractivity (Wildman–Crippen MR) is 93.2 cm³/mol. The van der Waals surface area contributed by atoms with Gasteiger partial charge in [0.05, 0.1) is 32.5 Å². The predicted octanol–water partition coefficient (Wildman–Crippen LogP) is 1.47. The summed E-state index contributed by atoms with van der Waals surface area (Å²) in [6.07, 6.45) is 2.67. The van der Waals surface area contributed by atoms with Crippen LogP contribution in [-0.4, -0.2) is 48.1 Å². The van der Waals surface area contributed by atoms with Crippen molar-refractivity contribution in [3.05, 3.63) is 64.3 Å². The molecular formula is C19H20N2O6. The Kier molecular flexibility index (Phi) is 5.02. The average Bonchev–Trinajstić information content (AvgIpc) is 2.73. The normalized spacial score (nSPS) is 27.6. The number of hydrogen-bond acceptors (Lipinski definition) is 7. The van der Waals surface area contributed by atoms with Gasteiger partial charge >= 0.3 is 5.97 Å². The Bertz CT molecular complexity index is 868. The zero-order valence-corrected chi connectivity index (χ0v) is 14.8. The lowest BCUT2D eigenvalue weighted by Gasteiger charge is -2.42. The minimum atomic E-state index is -0.754. The van der Waals surface area contributed by atoms with E-state index in [4.69, 9.17) is 14.2 Å². The van der Waals surface area contributed by atoms with Gasteiger partial charge in [-0.2, -0.15) is 0 Å². The third kappa shape index (κ3) is 3.51. The van der Waals surface area contributed by atoms with E-state index in [0.717, 1.165) is 5.56 Å². The molecule has 1 aromatic heterocycles. The number of aromatic nitrogens is 2. The van der Waals surface area contributed by atoms with E-state index in [9.17, 15) is 9.59 Å². The van der Waals surface area contributed by atoms with Crippen molar-refractivity contribution >= 4 is 5.97 Å². The van der Waals surface area contributed by atoms with Gasteiger partial charge in [-0.05, 0) is 6.42 Å². The van der Waals surface area contributed by atoms with Crippen molar-refractivity contribution in [2.45, 2.75) is 31.0 Å². The summed E-state index contributed by atoms with van der Waals surface area (Å²) in [7, 11) is 1.22. The van der Waals surface area contributed by atoms with Crippen LogP contribution < -0.4 is 5.56 Å². The summed E-state index contributed by atoms with van der Waals surface area (Å²) in [6, 6.07) is 9.42. The van der Waals surface area contributed by atoms with E-state index in [0.29, 0.717) is 19.6 Å². The van der Waals surface area contributed by atoms with Gasteiger partial charge in [-0.3, -0.25) is 4.79 Å². The second-order valence-electron chi connectivity index (χ2n) is 6.49. The van der Waals surface area contributed by atoms with Gasteiger partial charge in [0.2, 0.25) is 5.69 Å². The molecule has 2 saturated heterocycles. The fourth-order valence-corrected chi connectivity index (χ4v) is 3.44. The largest absolute Gasteiger partial charge is 0.464 e. The number of carbonyl (C=O) groups excluding carboxylic acids is 1. The summed E-state index contributed by atoms with van der Waals surface area (Å²) in [5.41, 5.74) is 0.201. The summed E-state index contributed by atoms with van der Waals surface area (Å²) in [5.74, 6) is -0.754. The molecule has 142 valence electrons. The maximum Gasteiger partial charge on any atom is 0.362 e. The number of methoxy groups -OCH3 is 1. The highest BCUT2D eigenvalue weighted by atomic mass is 16.7. The molecule has 8 nitrogen and oxygen atoms in total. The number of hydrogen-bond donors (Lipinski definition) is 0. The van der Waals surface area contributed by atoms with Crippen LogP contribution in [0.25, 0.3) is 0 Å². The standard InChI is InChI=1S/C19H20N2O6/c1-24-18(23)16-17(22)21(8-7-20-16)13-9-14-15(25-10-13)11-26-19(27-14)12-5-3-2-4-6-12/h2-8,13-15,19H,9-11H2,1H3/t13?,14-,15+,19?/m0/s1. The molecule has 2 fully saturated rings. The first-order valence-corrected chi connectivity index (χ1v) is 8.76. The highest BCUT2D eigenvalue weighted by Crippen LogP contribution is 2.34. The Morgan fingerprint density at radius 2 is 2.00 bits per heavy atom. The topological polar surface area (TPSA) is 88.9 Å². The monoisotopic (exact) mass is 372 g/mol. The third-order valence-electron chi connectivity index (χ3n) is 4.84. The van der Waals surface area contributed by atoms with Crippen molar-refractivity contribution in [2.75, 3.05) is 20.3 Å². The molecule has 4 atom stereocenters. The molecule has 1 aromatic carbocycles. The van der Waals surface area contributed by atoms with E-state index >= 15 is 0 Å². The molecule has 0 amide bonds. The van der Waals surface area contributed by atoms with E-state index in [1.807, 2.05) is 30.3 Å². The molecule has 0 bridgehead atoms. The molecule has 0 N–H and O–H groups in total. The Labute approximate surface area is 155 Å². The number of nitrogens with zero attached hydrogens (tertiary/aromatic N) is 2. The van der Waals surface area contributed by atoms with Gasteiger partial charge in [0.15, 0.2) is 6.29 Å². The smallest absolute Gasteiger partial charge is 0.362 e. The quantitative estimate of drug-likeness (QED) is 0.754. The molecule has 2 aliphatic rings. The lowest BCUT2D eigenvalue weighted by molar-refractivity contribution is -0.282. The van der Waals surface area contributed by atoms with Crippen LogP contribution in [0.5, 0.6) is 0 Å². The maximum absolute atomic E-state index is 12.6. The van der Waals surface area contributed by atoms with Crippen LogP contribution in [0.3, 0.4) is 0 Å². The highest BCUT2D eigenvalue weighted by molar-refractivity contribution is 5.86. The second-order valence-corrected chi connectivity index (χ2v) is 6.49. The highest BCUT2D eigenvalue weighted by Gasteiger charge is 2.39. The Balaban J connectivity index is 1.53. The maximum atomic E-state index is 12.6. The summed E-state index contributed by atoms with van der Waals surface area (Å²) in [5, 5.41) is 0. The molecule has 27 heavy (non-hydrogen) atoms. The van der Waals surface area contributed by atoms with Crippen LogP contribution in [-0.2, 0) is 18.9 Å². The fourth-order valence-electron chi connectivity index (χ4n) is 3.44. The fraction of sp³-hybridized carbons (Fsp3) is 0.421. The lowest BCUT2D eigenvalue weighted by Crippen LogP contribution is -2.49. The Hall–Kier alpha value is -2.55. The van der Waals surface area contributed by atoms with Crippen molar-refractivity contribution in [1.29, 1.82) is 0 Å². The molecule has 0 radical (unpaired) electrons. The molecule has 0 aliphatic carbocycles. The van der Waals surface area contributed by atoms with Crippen LogP contribution in [0.1, 0.15) is 34.8 Å². The molecule has 2 aliphatic heterocycles. The van der Waals surface area contributed by atoms with Gasteiger partial charge in [0.25, 0.3) is 5.56 Å². The van der Waals surface area contributed by atoms with Crippen molar-refractivity contribution in [2.24, 2.45) is 0 Å². The van der Waals surface area contributed by atoms with Gasteiger partial charge in [0, 0.05) is 18.0 Å². The van der Waals surface area contributed by atoms with Gasteiger partial charge in [-0.25, -0.2) is 9.78 Å². The second kappa shape index (κ2) is 7.59. The lowest BCUT2D eigenvalue weighted by atomic mass is 10.00. The van der Waals surface area contributed by atoms with Crippen molar-refractivity contribution < 1.29 is 23.7 Å². The van der Waals surface area contributed by atoms with Crippen molar-refractivity contribution in [1.82, 2.24) is 9.55 Å². The number of fused-ring (bicyclic) bond motifs is 1. The van der Waals surface area contributed by atoms with E-state index in [2.05, 4.69) is 9.72 Å². The molecule has 0 spiro atoms. The first kappa shape index (κ1) is 17.8. The number of rotatable bonds is 3. The summed E-state index contributed by atoms with van der Waals surface area (Å²) >= 11 is 0. The SMILES string of the molecule is COC(=O)c1nccn(C2CO[C@@H]3COC(c4ccccc4)O[C@H]3C2)c1=O. The molecule has 4 rings (SSSR count). The Morgan fingerprint density at radius 1 is 1.19 bits per heavy atom.